The molecule has 1 N–H and O–H groups in total. The molecule has 0 radical (unpaired) electrons. The van der Waals surface area contributed by atoms with E-state index in [1.165, 1.54) is 11.3 Å². The van der Waals surface area contributed by atoms with Gasteiger partial charge in [-0.25, -0.2) is 4.98 Å². The number of hydrogen-bond acceptors (Lipinski definition) is 4. The lowest BCUT2D eigenvalue weighted by atomic mass is 9.98. The first-order valence-corrected chi connectivity index (χ1v) is 4.86. The molecule has 0 aromatic carbocycles. The summed E-state index contributed by atoms with van der Waals surface area (Å²) in [5.41, 5.74) is -0.0223. The van der Waals surface area contributed by atoms with Crippen molar-refractivity contribution in [1.82, 2.24) is 4.98 Å². The van der Waals surface area contributed by atoms with E-state index < -0.39 is 6.10 Å². The number of hydrogen-bond donors (Lipinski definition) is 1. The molecule has 0 amide bonds. The zero-order valence-corrected chi connectivity index (χ0v) is 8.76. The quantitative estimate of drug-likeness (QED) is 0.737. The summed E-state index contributed by atoms with van der Waals surface area (Å²) in [6.07, 6.45) is 1.05. The Hall–Kier alpha value is -0.740. The lowest BCUT2D eigenvalue weighted by molar-refractivity contribution is -0.114. The van der Waals surface area contributed by atoms with E-state index in [0.717, 1.165) is 5.01 Å². The molecule has 3 nitrogen and oxygen atoms in total. The first-order valence-electron chi connectivity index (χ1n) is 4.04. The second-order valence-electron chi connectivity index (χ2n) is 3.90. The van der Waals surface area contributed by atoms with Crippen LogP contribution in [0, 0.1) is 0 Å². The van der Waals surface area contributed by atoms with Crippen molar-refractivity contribution >= 4 is 17.6 Å². The third kappa shape index (κ3) is 2.35. The van der Waals surface area contributed by atoms with Crippen LogP contribution < -0.4 is 0 Å². The second-order valence-corrected chi connectivity index (χ2v) is 4.96. The highest BCUT2D eigenvalue weighted by atomic mass is 32.1. The van der Waals surface area contributed by atoms with Gasteiger partial charge in [0.2, 0.25) is 0 Å². The molecule has 0 aliphatic rings. The zero-order valence-electron chi connectivity index (χ0n) is 7.94. The lowest BCUT2D eigenvalue weighted by Gasteiger charge is -2.13. The first-order chi connectivity index (χ1) is 5.95. The molecular weight excluding hydrogens is 186 g/mol. The minimum atomic E-state index is -1.02. The van der Waals surface area contributed by atoms with Crippen molar-refractivity contribution in [3.63, 3.8) is 0 Å². The molecule has 1 aromatic heterocycles. The number of thiazole rings is 1. The largest absolute Gasteiger partial charge is 0.380 e. The van der Waals surface area contributed by atoms with Crippen molar-refractivity contribution in [2.45, 2.75) is 32.3 Å². The van der Waals surface area contributed by atoms with Gasteiger partial charge in [-0.2, -0.15) is 0 Å². The maximum absolute atomic E-state index is 10.3. The van der Waals surface area contributed by atoms with Gasteiger partial charge in [-0.3, -0.25) is 0 Å². The minimum Gasteiger partial charge on any atom is -0.380 e. The molecule has 4 heteroatoms. The van der Waals surface area contributed by atoms with Gasteiger partial charge in [0.15, 0.2) is 6.29 Å². The summed E-state index contributed by atoms with van der Waals surface area (Å²) in [6, 6.07) is 0. The molecule has 0 spiro atoms. The van der Waals surface area contributed by atoms with Gasteiger partial charge >= 0.3 is 0 Å². The molecule has 0 aliphatic carbocycles. The maximum atomic E-state index is 10.3. The van der Waals surface area contributed by atoms with E-state index in [1.807, 2.05) is 20.8 Å². The van der Waals surface area contributed by atoms with E-state index in [0.29, 0.717) is 11.2 Å². The van der Waals surface area contributed by atoms with Crippen LogP contribution in [0.4, 0.5) is 0 Å². The second kappa shape index (κ2) is 3.55. The average molecular weight is 199 g/mol. The molecule has 0 saturated carbocycles. The molecule has 1 unspecified atom stereocenters. The van der Waals surface area contributed by atoms with E-state index in [1.54, 1.807) is 6.20 Å². The standard InChI is InChI=1S/C9H13NO2S/c1-9(2,3)8-10-4-7(13-8)6(12)5-11/h4-6,12H,1-3H3. The highest BCUT2D eigenvalue weighted by Gasteiger charge is 2.19. The van der Waals surface area contributed by atoms with E-state index in [9.17, 15) is 9.90 Å². The van der Waals surface area contributed by atoms with Crippen molar-refractivity contribution in [1.29, 1.82) is 0 Å². The number of aliphatic hydroxyl groups is 1. The fourth-order valence-electron chi connectivity index (χ4n) is 0.837. The van der Waals surface area contributed by atoms with Gasteiger partial charge in [-0.15, -0.1) is 11.3 Å². The van der Waals surface area contributed by atoms with Crippen LogP contribution in [0.5, 0.6) is 0 Å². The number of aldehydes is 1. The predicted molar refractivity (Wildman–Crippen MR) is 51.8 cm³/mol. The van der Waals surface area contributed by atoms with Crippen LogP contribution in [0.1, 0.15) is 36.8 Å². The minimum absolute atomic E-state index is 0.0223. The Kier molecular flexibility index (Phi) is 2.83. The Labute approximate surface area is 81.4 Å². The third-order valence-electron chi connectivity index (χ3n) is 1.59. The molecule has 1 heterocycles. The van der Waals surface area contributed by atoms with Crippen molar-refractivity contribution in [3.8, 4) is 0 Å². The Morgan fingerprint density at radius 2 is 2.23 bits per heavy atom. The van der Waals surface area contributed by atoms with Gasteiger partial charge in [0.25, 0.3) is 0 Å². The van der Waals surface area contributed by atoms with Crippen LogP contribution in [0.25, 0.3) is 0 Å². The number of aliphatic hydroxyl groups excluding tert-OH is 1. The molecule has 1 aromatic rings. The fraction of sp³-hybridized carbons (Fsp3) is 0.556. The summed E-state index contributed by atoms with van der Waals surface area (Å²) in [5, 5.41) is 10.1. The Bertz CT molecular complexity index is 301. The van der Waals surface area contributed by atoms with Crippen LogP contribution >= 0.6 is 11.3 Å². The molecule has 0 saturated heterocycles. The predicted octanol–water partition coefficient (Wildman–Crippen LogP) is 1.67. The maximum Gasteiger partial charge on any atom is 0.153 e. The Morgan fingerprint density at radius 1 is 1.62 bits per heavy atom. The number of carbonyl (C=O) groups is 1. The topological polar surface area (TPSA) is 50.2 Å². The van der Waals surface area contributed by atoms with Gasteiger partial charge in [-0.05, 0) is 0 Å². The summed E-state index contributed by atoms with van der Waals surface area (Å²) < 4.78 is 0. The zero-order chi connectivity index (χ0) is 10.1. The van der Waals surface area contributed by atoms with Crippen molar-refractivity contribution in [2.24, 2.45) is 0 Å². The van der Waals surface area contributed by atoms with E-state index >= 15 is 0 Å². The van der Waals surface area contributed by atoms with Crippen molar-refractivity contribution in [3.05, 3.63) is 16.1 Å². The smallest absolute Gasteiger partial charge is 0.153 e. The first kappa shape index (κ1) is 10.3. The van der Waals surface area contributed by atoms with Crippen LogP contribution in [0.15, 0.2) is 6.20 Å². The number of carbonyl (C=O) groups excluding carboxylic acids is 1. The summed E-state index contributed by atoms with van der Waals surface area (Å²) in [7, 11) is 0. The highest BCUT2D eigenvalue weighted by Crippen LogP contribution is 2.29. The molecule has 1 atom stereocenters. The van der Waals surface area contributed by atoms with Crippen molar-refractivity contribution in [2.75, 3.05) is 0 Å². The van der Waals surface area contributed by atoms with E-state index in [2.05, 4.69) is 4.98 Å². The Balaban J connectivity index is 2.93. The number of rotatable bonds is 2. The molecular formula is C9H13NO2S. The summed E-state index contributed by atoms with van der Waals surface area (Å²) in [5.74, 6) is 0. The molecule has 13 heavy (non-hydrogen) atoms. The monoisotopic (exact) mass is 199 g/mol. The van der Waals surface area contributed by atoms with Gasteiger partial charge in [0.1, 0.15) is 6.10 Å². The van der Waals surface area contributed by atoms with Gasteiger partial charge < -0.3 is 9.90 Å². The lowest BCUT2D eigenvalue weighted by Crippen LogP contribution is -2.09. The molecule has 1 rings (SSSR count). The average Bonchev–Trinajstić information content (AvgIpc) is 2.50. The van der Waals surface area contributed by atoms with E-state index in [-0.39, 0.29) is 5.41 Å². The fourth-order valence-corrected chi connectivity index (χ4v) is 1.75. The number of aromatic nitrogens is 1. The number of nitrogens with zero attached hydrogens (tertiary/aromatic N) is 1. The van der Waals surface area contributed by atoms with Gasteiger partial charge in [-0.1, -0.05) is 20.8 Å². The normalized spacial score (nSPS) is 14.2. The third-order valence-corrected chi connectivity index (χ3v) is 3.08. The highest BCUT2D eigenvalue weighted by molar-refractivity contribution is 7.11. The summed E-state index contributed by atoms with van der Waals surface area (Å²) in [6.45, 7) is 6.13. The summed E-state index contributed by atoms with van der Waals surface area (Å²) in [4.78, 5) is 15.1. The van der Waals surface area contributed by atoms with E-state index in [4.69, 9.17) is 0 Å². The van der Waals surface area contributed by atoms with Crippen LogP contribution in [-0.4, -0.2) is 16.4 Å². The summed E-state index contributed by atoms with van der Waals surface area (Å²) >= 11 is 1.38. The molecule has 72 valence electrons. The van der Waals surface area contributed by atoms with Crippen LogP contribution in [0.3, 0.4) is 0 Å². The SMILES string of the molecule is CC(C)(C)c1ncc(C(O)C=O)s1. The van der Waals surface area contributed by atoms with Crippen LogP contribution in [-0.2, 0) is 10.2 Å². The molecule has 0 bridgehead atoms. The van der Waals surface area contributed by atoms with Gasteiger partial charge in [0.05, 0.1) is 9.88 Å². The van der Waals surface area contributed by atoms with Gasteiger partial charge in [0, 0.05) is 11.6 Å². The molecule has 0 fully saturated rings. The Morgan fingerprint density at radius 3 is 2.62 bits per heavy atom. The molecule has 0 aliphatic heterocycles. The van der Waals surface area contributed by atoms with Crippen LogP contribution in [0.2, 0.25) is 0 Å². The van der Waals surface area contributed by atoms with Crippen molar-refractivity contribution < 1.29 is 9.90 Å².